The van der Waals surface area contributed by atoms with Crippen LogP contribution in [0, 0.1) is 0 Å². The van der Waals surface area contributed by atoms with Crippen molar-refractivity contribution < 1.29 is 14.5 Å². The summed E-state index contributed by atoms with van der Waals surface area (Å²) in [5.41, 5.74) is 0. The molecule has 1 fully saturated rings. The highest BCUT2D eigenvalue weighted by Crippen LogP contribution is 1.95. The van der Waals surface area contributed by atoms with Crippen molar-refractivity contribution in [2.75, 3.05) is 20.1 Å². The fourth-order valence-corrected chi connectivity index (χ4v) is 1.91. The van der Waals surface area contributed by atoms with Crippen LogP contribution < -0.4 is 15.5 Å². The monoisotopic (exact) mass is 214 g/mol. The summed E-state index contributed by atoms with van der Waals surface area (Å²) < 4.78 is 0. The van der Waals surface area contributed by atoms with Gasteiger partial charge >= 0.3 is 6.03 Å². The third-order valence-electron chi connectivity index (χ3n) is 2.97. The van der Waals surface area contributed by atoms with E-state index < -0.39 is 6.03 Å². The van der Waals surface area contributed by atoms with E-state index in [9.17, 15) is 9.59 Å². The average molecular weight is 214 g/mol. The van der Waals surface area contributed by atoms with E-state index in [2.05, 4.69) is 10.6 Å². The van der Waals surface area contributed by atoms with Gasteiger partial charge in [0, 0.05) is 7.05 Å². The van der Waals surface area contributed by atoms with Gasteiger partial charge in [-0.25, -0.2) is 4.79 Å². The van der Waals surface area contributed by atoms with Crippen LogP contribution >= 0.6 is 0 Å². The number of imide groups is 1. The maximum Gasteiger partial charge on any atom is 0.321 e. The summed E-state index contributed by atoms with van der Waals surface area (Å²) >= 11 is 0. The van der Waals surface area contributed by atoms with Gasteiger partial charge in [0.1, 0.15) is 0 Å². The number of hydrogen-bond donors (Lipinski definition) is 3. The van der Waals surface area contributed by atoms with Crippen molar-refractivity contribution in [1.82, 2.24) is 10.6 Å². The van der Waals surface area contributed by atoms with Crippen LogP contribution in [0.3, 0.4) is 0 Å². The molecule has 1 atom stereocenters. The van der Waals surface area contributed by atoms with Crippen LogP contribution in [0.2, 0.25) is 0 Å². The molecule has 3 N–H and O–H groups in total. The lowest BCUT2D eigenvalue weighted by Crippen LogP contribution is -3.17. The normalized spacial score (nSPS) is 19.3. The van der Waals surface area contributed by atoms with Gasteiger partial charge in [0.15, 0.2) is 6.04 Å². The van der Waals surface area contributed by atoms with Crippen LogP contribution in [0.4, 0.5) is 4.79 Å². The second kappa shape index (κ2) is 5.70. The van der Waals surface area contributed by atoms with E-state index in [4.69, 9.17) is 0 Å². The lowest BCUT2D eigenvalue weighted by molar-refractivity contribution is -0.918. The molecule has 0 aromatic carbocycles. The minimum absolute atomic E-state index is 0.136. The Labute approximate surface area is 90.2 Å². The highest BCUT2D eigenvalue weighted by Gasteiger charge is 2.27. The van der Waals surface area contributed by atoms with Crippen LogP contribution in [0.5, 0.6) is 0 Å². The molecule has 0 saturated carbocycles. The number of likely N-dealkylation sites (tertiary alicyclic amines) is 1. The number of hydrogen-bond acceptors (Lipinski definition) is 2. The number of quaternary nitrogens is 1. The quantitative estimate of drug-likeness (QED) is 0.546. The zero-order valence-electron chi connectivity index (χ0n) is 9.43. The third-order valence-corrected chi connectivity index (χ3v) is 2.97. The fourth-order valence-electron chi connectivity index (χ4n) is 1.91. The average Bonchev–Trinajstić information content (AvgIpc) is 2.29. The molecule has 3 amide bonds. The predicted octanol–water partition coefficient (Wildman–Crippen LogP) is -1.10. The Morgan fingerprint density at radius 2 is 1.80 bits per heavy atom. The molecule has 0 spiro atoms. The van der Waals surface area contributed by atoms with Gasteiger partial charge in [0.05, 0.1) is 13.1 Å². The topological polar surface area (TPSA) is 62.6 Å². The predicted molar refractivity (Wildman–Crippen MR) is 56.6 cm³/mol. The van der Waals surface area contributed by atoms with E-state index in [-0.39, 0.29) is 11.9 Å². The number of urea groups is 1. The standard InChI is InChI=1S/C10H19N3O2/c1-8(9(14)12-10(15)11-2)13-6-4-3-5-7-13/h8H,3-7H2,1-2H3,(H2,11,12,14,15)/p+1/t8-/m0/s1. The molecule has 0 aromatic heterocycles. The van der Waals surface area contributed by atoms with E-state index in [0.29, 0.717) is 0 Å². The molecule has 1 aliphatic heterocycles. The molecular formula is C10H20N3O2+. The van der Waals surface area contributed by atoms with Gasteiger partial charge in [-0.2, -0.15) is 0 Å². The van der Waals surface area contributed by atoms with Gasteiger partial charge < -0.3 is 10.2 Å². The summed E-state index contributed by atoms with van der Waals surface area (Å²) in [6.07, 6.45) is 3.60. The first-order valence-electron chi connectivity index (χ1n) is 5.52. The van der Waals surface area contributed by atoms with Crippen LogP contribution in [0.1, 0.15) is 26.2 Å². The summed E-state index contributed by atoms with van der Waals surface area (Å²) in [7, 11) is 1.50. The highest BCUT2D eigenvalue weighted by atomic mass is 16.2. The molecule has 0 aliphatic carbocycles. The maximum atomic E-state index is 11.6. The summed E-state index contributed by atoms with van der Waals surface area (Å²) in [5, 5.41) is 4.69. The van der Waals surface area contributed by atoms with Crippen molar-refractivity contribution in [2.45, 2.75) is 32.2 Å². The molecule has 1 rings (SSSR count). The van der Waals surface area contributed by atoms with Crippen molar-refractivity contribution in [1.29, 1.82) is 0 Å². The van der Waals surface area contributed by atoms with Gasteiger partial charge in [-0.1, -0.05) is 0 Å². The minimum Gasteiger partial charge on any atom is -0.341 e. The summed E-state index contributed by atoms with van der Waals surface area (Å²) in [5.74, 6) is -0.189. The zero-order valence-corrected chi connectivity index (χ0v) is 9.43. The van der Waals surface area contributed by atoms with Crippen LogP contribution in [-0.4, -0.2) is 38.1 Å². The van der Waals surface area contributed by atoms with Crippen LogP contribution in [0.15, 0.2) is 0 Å². The first-order valence-corrected chi connectivity index (χ1v) is 5.52. The minimum atomic E-state index is -0.428. The molecule has 5 nitrogen and oxygen atoms in total. The van der Waals surface area contributed by atoms with Gasteiger partial charge in [-0.3, -0.25) is 10.1 Å². The summed E-state index contributed by atoms with van der Waals surface area (Å²) in [6, 6.07) is -0.564. The van der Waals surface area contributed by atoms with E-state index in [0.717, 1.165) is 13.1 Å². The number of carbonyl (C=O) groups is 2. The number of amides is 3. The molecule has 0 unspecified atom stereocenters. The van der Waals surface area contributed by atoms with Gasteiger partial charge in [0.25, 0.3) is 5.91 Å². The fraction of sp³-hybridized carbons (Fsp3) is 0.800. The van der Waals surface area contributed by atoms with Crippen molar-refractivity contribution >= 4 is 11.9 Å². The van der Waals surface area contributed by atoms with Gasteiger partial charge in [-0.15, -0.1) is 0 Å². The van der Waals surface area contributed by atoms with Crippen molar-refractivity contribution in [3.8, 4) is 0 Å². The zero-order chi connectivity index (χ0) is 11.3. The molecule has 0 aromatic rings. The number of rotatable bonds is 2. The van der Waals surface area contributed by atoms with Gasteiger partial charge in [-0.05, 0) is 26.2 Å². The molecule has 0 bridgehead atoms. The summed E-state index contributed by atoms with van der Waals surface area (Å²) in [6.45, 7) is 3.93. The number of carbonyl (C=O) groups excluding carboxylic acids is 2. The molecule has 0 radical (unpaired) electrons. The highest BCUT2D eigenvalue weighted by molar-refractivity contribution is 5.96. The van der Waals surface area contributed by atoms with Crippen molar-refractivity contribution in [3.63, 3.8) is 0 Å². The lowest BCUT2D eigenvalue weighted by atomic mass is 10.1. The Balaban J connectivity index is 2.40. The largest absolute Gasteiger partial charge is 0.341 e. The molecule has 5 heteroatoms. The Bertz CT molecular complexity index is 237. The van der Waals surface area contributed by atoms with Crippen LogP contribution in [-0.2, 0) is 4.79 Å². The van der Waals surface area contributed by atoms with Crippen LogP contribution in [0.25, 0.3) is 0 Å². The molecule has 1 heterocycles. The second-order valence-electron chi connectivity index (χ2n) is 4.01. The Hall–Kier alpha value is -1.10. The second-order valence-corrected chi connectivity index (χ2v) is 4.01. The smallest absolute Gasteiger partial charge is 0.321 e. The Morgan fingerprint density at radius 1 is 1.20 bits per heavy atom. The first kappa shape index (κ1) is 12.0. The van der Waals surface area contributed by atoms with E-state index in [1.165, 1.54) is 31.2 Å². The van der Waals surface area contributed by atoms with E-state index in [1.54, 1.807) is 0 Å². The molecule has 1 aliphatic rings. The maximum absolute atomic E-state index is 11.6. The van der Waals surface area contributed by atoms with E-state index in [1.807, 2.05) is 6.92 Å². The number of piperidine rings is 1. The SMILES string of the molecule is CNC(=O)NC(=O)[C@H](C)[NH+]1CCCCC1. The van der Waals surface area contributed by atoms with E-state index >= 15 is 0 Å². The molecule has 15 heavy (non-hydrogen) atoms. The molecular weight excluding hydrogens is 194 g/mol. The Kier molecular flexibility index (Phi) is 4.55. The number of nitrogens with one attached hydrogen (secondary N) is 3. The lowest BCUT2D eigenvalue weighted by Gasteiger charge is -2.28. The molecule has 1 saturated heterocycles. The first-order chi connectivity index (χ1) is 7.15. The van der Waals surface area contributed by atoms with Crippen molar-refractivity contribution in [3.05, 3.63) is 0 Å². The van der Waals surface area contributed by atoms with Gasteiger partial charge in [0.2, 0.25) is 0 Å². The Morgan fingerprint density at radius 3 is 2.33 bits per heavy atom. The molecule has 86 valence electrons. The summed E-state index contributed by atoms with van der Waals surface area (Å²) in [4.78, 5) is 23.9. The third kappa shape index (κ3) is 3.51. The van der Waals surface area contributed by atoms with Crippen molar-refractivity contribution in [2.24, 2.45) is 0 Å².